The lowest BCUT2D eigenvalue weighted by molar-refractivity contribution is 0.0697. The molecule has 3 rings (SSSR count). The Labute approximate surface area is 123 Å². The molecular formula is C14H8ClFN2O3. The minimum atomic E-state index is -1.07. The summed E-state index contributed by atoms with van der Waals surface area (Å²) in [4.78, 5) is 15.0. The van der Waals surface area contributed by atoms with Crippen molar-refractivity contribution in [3.05, 3.63) is 52.8 Å². The standard InChI is InChI=1S/C14H8ClFN2O3/c15-8-2-3-9(16)11(6-8)18-14-17-10-4-1-7(13(19)20)5-12(10)21-14/h1-6H,(H,17,18)(H,19,20). The Morgan fingerprint density at radius 2 is 2.10 bits per heavy atom. The molecule has 0 spiro atoms. The number of oxazole rings is 1. The summed E-state index contributed by atoms with van der Waals surface area (Å²) < 4.78 is 19.0. The largest absolute Gasteiger partial charge is 0.478 e. The number of benzene rings is 2. The quantitative estimate of drug-likeness (QED) is 0.763. The highest BCUT2D eigenvalue weighted by Gasteiger charge is 2.11. The van der Waals surface area contributed by atoms with Crippen molar-refractivity contribution in [3.8, 4) is 0 Å². The molecule has 0 saturated carbocycles. The lowest BCUT2D eigenvalue weighted by atomic mass is 10.2. The lowest BCUT2D eigenvalue weighted by Gasteiger charge is -2.03. The maximum absolute atomic E-state index is 13.6. The van der Waals surface area contributed by atoms with Gasteiger partial charge in [-0.15, -0.1) is 0 Å². The van der Waals surface area contributed by atoms with E-state index in [2.05, 4.69) is 10.3 Å². The third kappa shape index (κ3) is 2.66. The summed E-state index contributed by atoms with van der Waals surface area (Å²) in [6.45, 7) is 0. The Hall–Kier alpha value is -2.60. The van der Waals surface area contributed by atoms with Gasteiger partial charge >= 0.3 is 5.97 Å². The van der Waals surface area contributed by atoms with Gasteiger partial charge in [0.15, 0.2) is 5.58 Å². The molecule has 21 heavy (non-hydrogen) atoms. The van der Waals surface area contributed by atoms with Gasteiger partial charge in [-0.05, 0) is 36.4 Å². The van der Waals surface area contributed by atoms with E-state index in [-0.39, 0.29) is 17.3 Å². The normalized spacial score (nSPS) is 10.8. The molecule has 0 bridgehead atoms. The third-order valence-electron chi connectivity index (χ3n) is 2.81. The van der Waals surface area contributed by atoms with Crippen LogP contribution in [0.2, 0.25) is 5.02 Å². The highest BCUT2D eigenvalue weighted by atomic mass is 35.5. The van der Waals surface area contributed by atoms with E-state index in [0.717, 1.165) is 0 Å². The summed E-state index contributed by atoms with van der Waals surface area (Å²) in [5.74, 6) is -1.57. The number of rotatable bonds is 3. The Morgan fingerprint density at radius 1 is 1.29 bits per heavy atom. The van der Waals surface area contributed by atoms with Crippen molar-refractivity contribution in [1.82, 2.24) is 4.98 Å². The molecule has 0 aliphatic rings. The van der Waals surface area contributed by atoms with E-state index in [9.17, 15) is 9.18 Å². The van der Waals surface area contributed by atoms with Crippen LogP contribution in [-0.4, -0.2) is 16.1 Å². The van der Waals surface area contributed by atoms with Gasteiger partial charge in [0.05, 0.1) is 11.3 Å². The Bertz CT molecular complexity index is 847. The zero-order chi connectivity index (χ0) is 15.0. The molecule has 0 aliphatic heterocycles. The number of carbonyl (C=O) groups is 1. The molecule has 5 nitrogen and oxygen atoms in total. The van der Waals surface area contributed by atoms with Gasteiger partial charge < -0.3 is 14.8 Å². The number of nitrogens with one attached hydrogen (secondary N) is 1. The third-order valence-corrected chi connectivity index (χ3v) is 3.04. The van der Waals surface area contributed by atoms with E-state index < -0.39 is 11.8 Å². The Balaban J connectivity index is 1.97. The second kappa shape index (κ2) is 5.06. The van der Waals surface area contributed by atoms with Crippen LogP contribution in [0.25, 0.3) is 11.1 Å². The summed E-state index contributed by atoms with van der Waals surface area (Å²) in [5, 5.41) is 11.9. The van der Waals surface area contributed by atoms with Crippen LogP contribution in [0.4, 0.5) is 16.1 Å². The van der Waals surface area contributed by atoms with Crippen molar-refractivity contribution in [3.63, 3.8) is 0 Å². The first kappa shape index (κ1) is 13.4. The van der Waals surface area contributed by atoms with Crippen molar-refractivity contribution in [2.75, 3.05) is 5.32 Å². The first-order valence-electron chi connectivity index (χ1n) is 5.89. The van der Waals surface area contributed by atoms with Crippen LogP contribution in [0.5, 0.6) is 0 Å². The van der Waals surface area contributed by atoms with Crippen LogP contribution >= 0.6 is 11.6 Å². The van der Waals surface area contributed by atoms with Gasteiger partial charge in [0.25, 0.3) is 6.01 Å². The Kier molecular flexibility index (Phi) is 3.23. The van der Waals surface area contributed by atoms with Crippen molar-refractivity contribution >= 4 is 40.4 Å². The first-order valence-corrected chi connectivity index (χ1v) is 6.27. The first-order chi connectivity index (χ1) is 10.0. The van der Waals surface area contributed by atoms with Crippen molar-refractivity contribution in [2.45, 2.75) is 0 Å². The van der Waals surface area contributed by atoms with E-state index >= 15 is 0 Å². The fraction of sp³-hybridized carbons (Fsp3) is 0. The molecule has 0 fully saturated rings. The summed E-state index contributed by atoms with van der Waals surface area (Å²) in [6.07, 6.45) is 0. The molecule has 2 N–H and O–H groups in total. The second-order valence-electron chi connectivity index (χ2n) is 4.26. The number of carboxylic acids is 1. The summed E-state index contributed by atoms with van der Waals surface area (Å²) >= 11 is 5.79. The number of aromatic carboxylic acids is 1. The zero-order valence-corrected chi connectivity index (χ0v) is 11.2. The minimum absolute atomic E-state index is 0.0497. The number of hydrogen-bond donors (Lipinski definition) is 2. The van der Waals surface area contributed by atoms with Gasteiger partial charge in [-0.25, -0.2) is 9.18 Å². The zero-order valence-electron chi connectivity index (χ0n) is 10.4. The lowest BCUT2D eigenvalue weighted by Crippen LogP contribution is -1.94. The number of carboxylic acid groups (broad SMARTS) is 1. The monoisotopic (exact) mass is 306 g/mol. The maximum atomic E-state index is 13.6. The number of aromatic nitrogens is 1. The van der Waals surface area contributed by atoms with Crippen molar-refractivity contribution in [2.24, 2.45) is 0 Å². The molecular weight excluding hydrogens is 299 g/mol. The highest BCUT2D eigenvalue weighted by Crippen LogP contribution is 2.26. The van der Waals surface area contributed by atoms with E-state index in [4.69, 9.17) is 21.1 Å². The summed E-state index contributed by atoms with van der Waals surface area (Å²) in [5.41, 5.74) is 0.955. The molecule has 1 heterocycles. The van der Waals surface area contributed by atoms with Crippen molar-refractivity contribution < 1.29 is 18.7 Å². The molecule has 0 atom stereocenters. The van der Waals surface area contributed by atoms with Gasteiger partial charge in [0.1, 0.15) is 11.3 Å². The van der Waals surface area contributed by atoms with Crippen molar-refractivity contribution in [1.29, 1.82) is 0 Å². The van der Waals surface area contributed by atoms with E-state index in [1.54, 1.807) is 0 Å². The number of fused-ring (bicyclic) bond motifs is 1. The molecule has 0 aliphatic carbocycles. The van der Waals surface area contributed by atoms with E-state index in [0.29, 0.717) is 16.1 Å². The molecule has 1 aromatic heterocycles. The smallest absolute Gasteiger partial charge is 0.335 e. The predicted octanol–water partition coefficient (Wildman–Crippen LogP) is 4.06. The van der Waals surface area contributed by atoms with Gasteiger partial charge in [-0.2, -0.15) is 4.98 Å². The molecule has 0 saturated heterocycles. The molecule has 7 heteroatoms. The van der Waals surface area contributed by atoms with E-state index in [1.165, 1.54) is 36.4 Å². The van der Waals surface area contributed by atoms with Gasteiger partial charge in [-0.3, -0.25) is 0 Å². The molecule has 106 valence electrons. The van der Waals surface area contributed by atoms with Gasteiger partial charge in [0, 0.05) is 5.02 Å². The highest BCUT2D eigenvalue weighted by molar-refractivity contribution is 6.30. The Morgan fingerprint density at radius 3 is 2.86 bits per heavy atom. The fourth-order valence-corrected chi connectivity index (χ4v) is 1.99. The fourth-order valence-electron chi connectivity index (χ4n) is 1.82. The average Bonchev–Trinajstić information content (AvgIpc) is 2.84. The molecule has 3 aromatic rings. The maximum Gasteiger partial charge on any atom is 0.335 e. The topological polar surface area (TPSA) is 75.4 Å². The van der Waals surface area contributed by atoms with Crippen LogP contribution in [0, 0.1) is 5.82 Å². The van der Waals surface area contributed by atoms with E-state index in [1.807, 2.05) is 0 Å². The van der Waals surface area contributed by atoms with Gasteiger partial charge in [-0.1, -0.05) is 11.6 Å². The SMILES string of the molecule is O=C(O)c1ccc2nc(Nc3cc(Cl)ccc3F)oc2c1. The van der Waals surface area contributed by atoms with Gasteiger partial charge in [0.2, 0.25) is 0 Å². The summed E-state index contributed by atoms with van der Waals surface area (Å²) in [7, 11) is 0. The van der Waals surface area contributed by atoms with Crippen LogP contribution in [0.1, 0.15) is 10.4 Å². The number of nitrogens with zero attached hydrogens (tertiary/aromatic N) is 1. The van der Waals surface area contributed by atoms with Crippen LogP contribution in [0.3, 0.4) is 0 Å². The second-order valence-corrected chi connectivity index (χ2v) is 4.69. The molecule has 2 aromatic carbocycles. The minimum Gasteiger partial charge on any atom is -0.478 e. The van der Waals surface area contributed by atoms with Crippen LogP contribution in [0.15, 0.2) is 40.8 Å². The molecule has 0 amide bonds. The average molecular weight is 307 g/mol. The number of hydrogen-bond acceptors (Lipinski definition) is 4. The van der Waals surface area contributed by atoms with Crippen LogP contribution < -0.4 is 5.32 Å². The number of halogens is 2. The number of anilines is 2. The molecule has 0 radical (unpaired) electrons. The van der Waals surface area contributed by atoms with Crippen LogP contribution in [-0.2, 0) is 0 Å². The predicted molar refractivity (Wildman–Crippen MR) is 75.7 cm³/mol. The molecule has 0 unspecified atom stereocenters. The summed E-state index contributed by atoms with van der Waals surface area (Å²) in [6, 6.07) is 8.37.